The zero-order valence-corrected chi connectivity index (χ0v) is 19.0. The number of primary sulfonamides is 1. The maximum absolute atomic E-state index is 13.2. The van der Waals surface area contributed by atoms with Crippen molar-refractivity contribution in [1.29, 1.82) is 0 Å². The number of carbonyl (C=O) groups excluding carboxylic acids is 1. The van der Waals surface area contributed by atoms with E-state index in [4.69, 9.17) is 15.1 Å². The number of hydroxylamine groups is 1. The molecule has 1 aliphatic heterocycles. The normalized spacial score (nSPS) is 16.3. The van der Waals surface area contributed by atoms with E-state index < -0.39 is 59.2 Å². The van der Waals surface area contributed by atoms with E-state index in [9.17, 15) is 34.8 Å². The van der Waals surface area contributed by atoms with Crippen molar-refractivity contribution in [3.05, 3.63) is 53.6 Å². The number of ether oxygens (including phenoxy) is 1. The summed E-state index contributed by atoms with van der Waals surface area (Å²) < 4.78 is 94.8. The monoisotopic (exact) mass is 523 g/mol. The Morgan fingerprint density at radius 3 is 2.09 bits per heavy atom. The number of benzene rings is 2. The van der Waals surface area contributed by atoms with E-state index in [1.807, 2.05) is 0 Å². The molecule has 2 aromatic carbocycles. The number of hydrogen-bond acceptors (Lipinski definition) is 7. The Bertz CT molecular complexity index is 1270. The summed E-state index contributed by atoms with van der Waals surface area (Å²) in [5.41, 5.74) is -0.428. The van der Waals surface area contributed by atoms with Gasteiger partial charge in [0.2, 0.25) is 20.0 Å². The second-order valence-electron chi connectivity index (χ2n) is 7.36. The molecule has 1 fully saturated rings. The molecule has 1 heterocycles. The molecule has 0 unspecified atom stereocenters. The smallest absolute Gasteiger partial charge is 0.416 e. The molecule has 0 saturated carbocycles. The molecule has 186 valence electrons. The first-order valence-corrected chi connectivity index (χ1v) is 12.7. The highest BCUT2D eigenvalue weighted by Gasteiger charge is 2.35. The van der Waals surface area contributed by atoms with Crippen molar-refractivity contribution in [3.8, 4) is 5.75 Å². The van der Waals surface area contributed by atoms with Crippen LogP contribution in [0.2, 0.25) is 0 Å². The third-order valence-electron chi connectivity index (χ3n) is 5.13. The van der Waals surface area contributed by atoms with Crippen molar-refractivity contribution in [2.45, 2.75) is 34.9 Å². The zero-order chi connectivity index (χ0) is 25.3. The zero-order valence-electron chi connectivity index (χ0n) is 17.3. The molecule has 0 aliphatic carbocycles. The number of carbonyl (C=O) groups is 1. The molecule has 1 saturated heterocycles. The summed E-state index contributed by atoms with van der Waals surface area (Å²) in [6, 6.07) is 7.14. The number of nitrogens with one attached hydrogen (secondary N) is 1. The standard InChI is InChI=1S/C19H20F3N3O7S2/c20-19(21,22)12-4-6-13(7-5-12)32-14-8-10-25(11-9-14)34(30,31)16-3-1-2-15(33(23,28)29)17(16)18(26)24-27/h1-7,14,27H,8-11H2,(H,24,26)(H2,23,28,29). The Kier molecular flexibility index (Phi) is 7.23. The molecule has 15 heteroatoms. The van der Waals surface area contributed by atoms with Crippen LogP contribution in [-0.4, -0.2) is 51.4 Å². The summed E-state index contributed by atoms with van der Waals surface area (Å²) in [4.78, 5) is 10.7. The van der Waals surface area contributed by atoms with Gasteiger partial charge in [0.15, 0.2) is 0 Å². The van der Waals surface area contributed by atoms with Gasteiger partial charge < -0.3 is 4.74 Å². The van der Waals surface area contributed by atoms with Gasteiger partial charge in [0.05, 0.1) is 20.9 Å². The lowest BCUT2D eigenvalue weighted by molar-refractivity contribution is -0.137. The molecule has 3 rings (SSSR count). The molecule has 1 aliphatic rings. The van der Waals surface area contributed by atoms with E-state index >= 15 is 0 Å². The minimum atomic E-state index is -4.50. The van der Waals surface area contributed by atoms with E-state index in [0.717, 1.165) is 34.6 Å². The predicted molar refractivity (Wildman–Crippen MR) is 111 cm³/mol. The SMILES string of the molecule is NS(=O)(=O)c1cccc(S(=O)(=O)N2CCC(Oc3ccc(C(F)(F)F)cc3)CC2)c1C(=O)NO. The number of nitrogens with zero attached hydrogens (tertiary/aromatic N) is 1. The van der Waals surface area contributed by atoms with Crippen molar-refractivity contribution in [3.63, 3.8) is 0 Å². The van der Waals surface area contributed by atoms with Gasteiger partial charge in [-0.25, -0.2) is 27.5 Å². The van der Waals surface area contributed by atoms with Crippen molar-refractivity contribution < 1.29 is 44.7 Å². The van der Waals surface area contributed by atoms with Crippen LogP contribution in [-0.2, 0) is 26.2 Å². The Balaban J connectivity index is 1.78. The van der Waals surface area contributed by atoms with Crippen LogP contribution in [0, 0.1) is 0 Å². The van der Waals surface area contributed by atoms with Gasteiger partial charge in [-0.1, -0.05) is 6.07 Å². The van der Waals surface area contributed by atoms with E-state index in [1.165, 1.54) is 17.6 Å². The van der Waals surface area contributed by atoms with Crippen molar-refractivity contribution in [2.24, 2.45) is 5.14 Å². The van der Waals surface area contributed by atoms with Crippen LogP contribution >= 0.6 is 0 Å². The fourth-order valence-electron chi connectivity index (χ4n) is 3.49. The summed E-state index contributed by atoms with van der Waals surface area (Å²) in [5.74, 6) is -1.18. The topological polar surface area (TPSA) is 156 Å². The number of amides is 1. The number of rotatable bonds is 6. The molecular formula is C19H20F3N3O7S2. The summed E-state index contributed by atoms with van der Waals surface area (Å²) in [7, 11) is -8.89. The highest BCUT2D eigenvalue weighted by molar-refractivity contribution is 7.90. The van der Waals surface area contributed by atoms with Gasteiger partial charge in [0.1, 0.15) is 11.9 Å². The van der Waals surface area contributed by atoms with E-state index in [2.05, 4.69) is 0 Å². The number of hydrogen-bond donors (Lipinski definition) is 3. The molecule has 1 amide bonds. The van der Waals surface area contributed by atoms with Gasteiger partial charge in [-0.3, -0.25) is 10.0 Å². The highest BCUT2D eigenvalue weighted by Crippen LogP contribution is 2.32. The lowest BCUT2D eigenvalue weighted by Crippen LogP contribution is -2.42. The van der Waals surface area contributed by atoms with Crippen LogP contribution in [0.4, 0.5) is 13.2 Å². The molecule has 10 nitrogen and oxygen atoms in total. The van der Waals surface area contributed by atoms with Crippen molar-refractivity contribution in [2.75, 3.05) is 13.1 Å². The fourth-order valence-corrected chi connectivity index (χ4v) is 5.99. The average Bonchev–Trinajstić information content (AvgIpc) is 2.77. The van der Waals surface area contributed by atoms with E-state index in [0.29, 0.717) is 0 Å². The lowest BCUT2D eigenvalue weighted by Gasteiger charge is -2.32. The third kappa shape index (κ3) is 5.50. The average molecular weight is 524 g/mol. The molecule has 0 radical (unpaired) electrons. The van der Waals surface area contributed by atoms with Crippen LogP contribution in [0.25, 0.3) is 0 Å². The van der Waals surface area contributed by atoms with Gasteiger partial charge in [0, 0.05) is 13.1 Å². The minimum Gasteiger partial charge on any atom is -0.490 e. The first-order valence-electron chi connectivity index (χ1n) is 9.69. The number of nitrogens with two attached hydrogens (primary N) is 1. The Labute approximate surface area is 193 Å². The molecular weight excluding hydrogens is 503 g/mol. The second kappa shape index (κ2) is 9.50. The van der Waals surface area contributed by atoms with Crippen LogP contribution in [0.5, 0.6) is 5.75 Å². The predicted octanol–water partition coefficient (Wildman–Crippen LogP) is 1.70. The largest absolute Gasteiger partial charge is 0.490 e. The molecule has 0 bridgehead atoms. The quantitative estimate of drug-likeness (QED) is 0.384. The lowest BCUT2D eigenvalue weighted by atomic mass is 10.1. The number of sulfonamides is 2. The molecule has 34 heavy (non-hydrogen) atoms. The van der Waals surface area contributed by atoms with Gasteiger partial charge in [-0.15, -0.1) is 0 Å². The van der Waals surface area contributed by atoms with Crippen LogP contribution in [0.15, 0.2) is 52.3 Å². The van der Waals surface area contributed by atoms with Gasteiger partial charge in [-0.2, -0.15) is 17.5 Å². The molecule has 0 aromatic heterocycles. The van der Waals surface area contributed by atoms with Gasteiger partial charge in [0.25, 0.3) is 5.91 Å². The van der Waals surface area contributed by atoms with Crippen LogP contribution < -0.4 is 15.4 Å². The first-order chi connectivity index (χ1) is 15.7. The van der Waals surface area contributed by atoms with Crippen molar-refractivity contribution >= 4 is 26.0 Å². The molecule has 0 atom stereocenters. The minimum absolute atomic E-state index is 0.0760. The Morgan fingerprint density at radius 1 is 1.03 bits per heavy atom. The van der Waals surface area contributed by atoms with E-state index in [1.54, 1.807) is 0 Å². The van der Waals surface area contributed by atoms with Crippen LogP contribution in [0.3, 0.4) is 0 Å². The van der Waals surface area contributed by atoms with Crippen LogP contribution in [0.1, 0.15) is 28.8 Å². The van der Waals surface area contributed by atoms with Gasteiger partial charge in [-0.05, 0) is 49.2 Å². The molecule has 2 aromatic rings. The molecule has 4 N–H and O–H groups in total. The van der Waals surface area contributed by atoms with E-state index in [-0.39, 0.29) is 31.7 Å². The Hall–Kier alpha value is -2.72. The highest BCUT2D eigenvalue weighted by atomic mass is 32.2. The van der Waals surface area contributed by atoms with Crippen molar-refractivity contribution in [1.82, 2.24) is 9.79 Å². The summed E-state index contributed by atoms with van der Waals surface area (Å²) in [6.45, 7) is -0.152. The van der Waals surface area contributed by atoms with Gasteiger partial charge >= 0.3 is 6.18 Å². The second-order valence-corrected chi connectivity index (χ2v) is 10.8. The Morgan fingerprint density at radius 2 is 1.59 bits per heavy atom. The third-order valence-corrected chi connectivity index (χ3v) is 8.02. The number of halogens is 3. The maximum Gasteiger partial charge on any atom is 0.416 e. The summed E-state index contributed by atoms with van der Waals surface area (Å²) in [5, 5.41) is 14.1. The summed E-state index contributed by atoms with van der Waals surface area (Å²) in [6.07, 6.45) is -4.61. The maximum atomic E-state index is 13.2. The molecule has 0 spiro atoms. The number of alkyl halides is 3. The number of piperidine rings is 1. The fraction of sp³-hybridized carbons (Fsp3) is 0.316. The first kappa shape index (κ1) is 25.9. The summed E-state index contributed by atoms with van der Waals surface area (Å²) >= 11 is 0.